The summed E-state index contributed by atoms with van der Waals surface area (Å²) < 4.78 is 0. The highest BCUT2D eigenvalue weighted by molar-refractivity contribution is 6.05. The maximum atomic E-state index is 11.5. The predicted molar refractivity (Wildman–Crippen MR) is 55.1 cm³/mol. The van der Waals surface area contributed by atoms with E-state index in [1.54, 1.807) is 0 Å². The first-order valence-corrected chi connectivity index (χ1v) is 5.23. The van der Waals surface area contributed by atoms with Gasteiger partial charge in [0.05, 0.1) is 12.5 Å². The molecule has 2 atom stereocenters. The normalized spacial score (nSPS) is 23.7. The highest BCUT2D eigenvalue weighted by Gasteiger charge is 2.36. The molecule has 1 rings (SSSR count). The van der Waals surface area contributed by atoms with E-state index in [9.17, 15) is 9.59 Å². The van der Waals surface area contributed by atoms with Gasteiger partial charge in [-0.2, -0.15) is 0 Å². The second-order valence-electron chi connectivity index (χ2n) is 3.98. The van der Waals surface area contributed by atoms with Crippen LogP contribution in [0.25, 0.3) is 0 Å². The molecule has 0 aliphatic carbocycles. The quantitative estimate of drug-likeness (QED) is 0.605. The van der Waals surface area contributed by atoms with Crippen LogP contribution in [0.1, 0.15) is 26.2 Å². The molecule has 0 aromatic heterocycles. The number of nitrogens with zero attached hydrogens (tertiary/aromatic N) is 1. The Labute approximate surface area is 89.4 Å². The molecule has 5 heteroatoms. The first-order valence-electron chi connectivity index (χ1n) is 5.23. The standard InChI is InChI=1S/C10H18N2O3/c1-7(4-3-5-13)11-8-6-9(14)12(2)10(8)15/h7-8,11,13H,3-6H2,1-2H3. The highest BCUT2D eigenvalue weighted by atomic mass is 16.3. The summed E-state index contributed by atoms with van der Waals surface area (Å²) in [6.07, 6.45) is 1.76. The van der Waals surface area contributed by atoms with E-state index in [-0.39, 0.29) is 36.9 Å². The summed E-state index contributed by atoms with van der Waals surface area (Å²) in [7, 11) is 1.50. The molecule has 1 fully saturated rings. The van der Waals surface area contributed by atoms with E-state index in [2.05, 4.69) is 5.32 Å². The Bertz CT molecular complexity index is 255. The molecule has 0 spiro atoms. The summed E-state index contributed by atoms with van der Waals surface area (Å²) in [4.78, 5) is 23.9. The van der Waals surface area contributed by atoms with Gasteiger partial charge in [0.1, 0.15) is 0 Å². The zero-order valence-corrected chi connectivity index (χ0v) is 9.19. The van der Waals surface area contributed by atoms with Crippen molar-refractivity contribution in [3.05, 3.63) is 0 Å². The van der Waals surface area contributed by atoms with Crippen molar-refractivity contribution in [2.45, 2.75) is 38.3 Å². The number of likely N-dealkylation sites (N-methyl/N-ethyl adjacent to an activating group) is 1. The molecule has 2 unspecified atom stereocenters. The zero-order valence-electron chi connectivity index (χ0n) is 9.19. The lowest BCUT2D eigenvalue weighted by atomic mass is 10.1. The summed E-state index contributed by atoms with van der Waals surface area (Å²) in [6, 6.07) is -0.235. The minimum absolute atomic E-state index is 0.133. The first-order chi connectivity index (χ1) is 7.06. The number of rotatable bonds is 5. The summed E-state index contributed by atoms with van der Waals surface area (Å²) in [5.41, 5.74) is 0. The zero-order chi connectivity index (χ0) is 11.4. The third-order valence-electron chi connectivity index (χ3n) is 2.66. The Hall–Kier alpha value is -0.940. The van der Waals surface area contributed by atoms with Crippen LogP contribution in [0.3, 0.4) is 0 Å². The van der Waals surface area contributed by atoms with Crippen LogP contribution in [-0.4, -0.2) is 47.6 Å². The maximum absolute atomic E-state index is 11.5. The molecule has 1 saturated heterocycles. The smallest absolute Gasteiger partial charge is 0.246 e. The van der Waals surface area contributed by atoms with Crippen LogP contribution >= 0.6 is 0 Å². The minimum atomic E-state index is -0.379. The molecule has 86 valence electrons. The van der Waals surface area contributed by atoms with E-state index >= 15 is 0 Å². The minimum Gasteiger partial charge on any atom is -0.396 e. The monoisotopic (exact) mass is 214 g/mol. The summed E-state index contributed by atoms with van der Waals surface area (Å²) in [5, 5.41) is 11.8. The Morgan fingerprint density at radius 2 is 2.27 bits per heavy atom. The molecule has 0 aromatic carbocycles. The van der Waals surface area contributed by atoms with Crippen molar-refractivity contribution in [1.29, 1.82) is 0 Å². The number of imide groups is 1. The number of amides is 2. The number of aliphatic hydroxyl groups is 1. The SMILES string of the molecule is CC(CCCO)NC1CC(=O)N(C)C1=O. The molecule has 0 bridgehead atoms. The lowest BCUT2D eigenvalue weighted by Gasteiger charge is -2.17. The van der Waals surface area contributed by atoms with Crippen molar-refractivity contribution in [2.75, 3.05) is 13.7 Å². The lowest BCUT2D eigenvalue weighted by molar-refractivity contribution is -0.137. The molecule has 1 aliphatic heterocycles. The van der Waals surface area contributed by atoms with Crippen molar-refractivity contribution < 1.29 is 14.7 Å². The maximum Gasteiger partial charge on any atom is 0.246 e. The summed E-state index contributed by atoms with van der Waals surface area (Å²) >= 11 is 0. The van der Waals surface area contributed by atoms with E-state index in [1.165, 1.54) is 7.05 Å². The van der Waals surface area contributed by atoms with Gasteiger partial charge < -0.3 is 10.4 Å². The molecule has 2 amide bonds. The van der Waals surface area contributed by atoms with Gasteiger partial charge in [-0.15, -0.1) is 0 Å². The van der Waals surface area contributed by atoms with E-state index in [0.717, 1.165) is 11.3 Å². The van der Waals surface area contributed by atoms with E-state index < -0.39 is 0 Å². The third-order valence-corrected chi connectivity index (χ3v) is 2.66. The van der Waals surface area contributed by atoms with Crippen molar-refractivity contribution in [3.63, 3.8) is 0 Å². The molecule has 2 N–H and O–H groups in total. The van der Waals surface area contributed by atoms with Gasteiger partial charge in [0, 0.05) is 19.7 Å². The Balaban J connectivity index is 2.39. The van der Waals surface area contributed by atoms with Crippen molar-refractivity contribution in [3.8, 4) is 0 Å². The lowest BCUT2D eigenvalue weighted by Crippen LogP contribution is -2.41. The molecule has 0 saturated carbocycles. The van der Waals surface area contributed by atoms with Crippen LogP contribution in [0.15, 0.2) is 0 Å². The van der Waals surface area contributed by atoms with Crippen LogP contribution in [0.2, 0.25) is 0 Å². The van der Waals surface area contributed by atoms with E-state index in [4.69, 9.17) is 5.11 Å². The molecule has 1 aliphatic rings. The third kappa shape index (κ3) is 3.00. The van der Waals surface area contributed by atoms with Gasteiger partial charge in [-0.25, -0.2) is 0 Å². The van der Waals surface area contributed by atoms with Gasteiger partial charge >= 0.3 is 0 Å². The molecular weight excluding hydrogens is 196 g/mol. The second-order valence-corrected chi connectivity index (χ2v) is 3.98. The van der Waals surface area contributed by atoms with E-state index in [1.807, 2.05) is 6.92 Å². The fourth-order valence-corrected chi connectivity index (χ4v) is 1.71. The number of carbonyl (C=O) groups excluding carboxylic acids is 2. The molecule has 1 heterocycles. The van der Waals surface area contributed by atoms with Crippen LogP contribution in [-0.2, 0) is 9.59 Å². The highest BCUT2D eigenvalue weighted by Crippen LogP contribution is 2.12. The van der Waals surface area contributed by atoms with E-state index in [0.29, 0.717) is 6.42 Å². The van der Waals surface area contributed by atoms with Gasteiger partial charge in [0.2, 0.25) is 11.8 Å². The number of aliphatic hydroxyl groups excluding tert-OH is 1. The Morgan fingerprint density at radius 1 is 1.60 bits per heavy atom. The number of carbonyl (C=O) groups is 2. The number of hydrogen-bond donors (Lipinski definition) is 2. The number of nitrogens with one attached hydrogen (secondary N) is 1. The second kappa shape index (κ2) is 5.23. The van der Waals surface area contributed by atoms with Crippen LogP contribution in [0.5, 0.6) is 0 Å². The van der Waals surface area contributed by atoms with Gasteiger partial charge in [-0.1, -0.05) is 0 Å². The van der Waals surface area contributed by atoms with Gasteiger partial charge in [0.15, 0.2) is 0 Å². The van der Waals surface area contributed by atoms with Gasteiger partial charge in [-0.3, -0.25) is 14.5 Å². The fraction of sp³-hybridized carbons (Fsp3) is 0.800. The fourth-order valence-electron chi connectivity index (χ4n) is 1.71. The largest absolute Gasteiger partial charge is 0.396 e. The van der Waals surface area contributed by atoms with Crippen molar-refractivity contribution in [1.82, 2.24) is 10.2 Å². The molecule has 0 radical (unpaired) electrons. The summed E-state index contributed by atoms with van der Waals surface area (Å²) in [6.45, 7) is 2.11. The Morgan fingerprint density at radius 3 is 2.73 bits per heavy atom. The molecule has 5 nitrogen and oxygen atoms in total. The average molecular weight is 214 g/mol. The Kier molecular flexibility index (Phi) is 4.23. The average Bonchev–Trinajstić information content (AvgIpc) is 2.43. The number of likely N-dealkylation sites (tertiary alicyclic amines) is 1. The molecule has 15 heavy (non-hydrogen) atoms. The van der Waals surface area contributed by atoms with Crippen molar-refractivity contribution in [2.24, 2.45) is 0 Å². The number of hydrogen-bond acceptors (Lipinski definition) is 4. The van der Waals surface area contributed by atoms with Crippen LogP contribution in [0.4, 0.5) is 0 Å². The van der Waals surface area contributed by atoms with Crippen LogP contribution < -0.4 is 5.32 Å². The van der Waals surface area contributed by atoms with Gasteiger partial charge in [-0.05, 0) is 19.8 Å². The van der Waals surface area contributed by atoms with Crippen molar-refractivity contribution >= 4 is 11.8 Å². The predicted octanol–water partition coefficient (Wildman–Crippen LogP) is -0.506. The van der Waals surface area contributed by atoms with Gasteiger partial charge in [0.25, 0.3) is 0 Å². The summed E-state index contributed by atoms with van der Waals surface area (Å²) in [5.74, 6) is -0.289. The van der Waals surface area contributed by atoms with Crippen LogP contribution in [0, 0.1) is 0 Å². The molecule has 0 aromatic rings. The molecular formula is C10H18N2O3. The topological polar surface area (TPSA) is 69.6 Å². The first kappa shape index (κ1) is 12.1.